The fourth-order valence-electron chi connectivity index (χ4n) is 2.15. The predicted molar refractivity (Wildman–Crippen MR) is 46.5 cm³/mol. The zero-order chi connectivity index (χ0) is 8.13. The molecule has 2 aliphatic carbocycles. The summed E-state index contributed by atoms with van der Waals surface area (Å²) in [6, 6.07) is 4.35. The van der Waals surface area contributed by atoms with Crippen molar-refractivity contribution in [1.29, 1.82) is 0 Å². The van der Waals surface area contributed by atoms with Crippen LogP contribution in [-0.2, 0) is 19.3 Å². The van der Waals surface area contributed by atoms with Gasteiger partial charge in [-0.3, -0.25) is 4.79 Å². The van der Waals surface area contributed by atoms with Gasteiger partial charge in [0, 0.05) is 12.0 Å². The Morgan fingerprint density at radius 1 is 0.833 bits per heavy atom. The van der Waals surface area contributed by atoms with E-state index in [-0.39, 0.29) is 0 Å². The third-order valence-corrected chi connectivity index (χ3v) is 3.01. The van der Waals surface area contributed by atoms with Gasteiger partial charge in [-0.25, -0.2) is 0 Å². The first-order chi connectivity index (χ1) is 5.84. The molecule has 0 radical (unpaired) electrons. The third-order valence-electron chi connectivity index (χ3n) is 3.01. The molecule has 0 aliphatic heterocycles. The second kappa shape index (κ2) is 1.98. The van der Waals surface area contributed by atoms with Gasteiger partial charge in [0.2, 0.25) is 0 Å². The molecule has 1 aromatic carbocycles. The van der Waals surface area contributed by atoms with Crippen LogP contribution in [0.15, 0.2) is 12.1 Å². The molecule has 2 aliphatic rings. The molecule has 0 spiro atoms. The highest BCUT2D eigenvalue weighted by Gasteiger charge is 2.23. The lowest BCUT2D eigenvalue weighted by Crippen LogP contribution is -2.09. The summed E-state index contributed by atoms with van der Waals surface area (Å²) in [5.41, 5.74) is 5.18. The van der Waals surface area contributed by atoms with Crippen molar-refractivity contribution < 1.29 is 4.79 Å². The second-order valence-electron chi connectivity index (χ2n) is 3.70. The molecule has 12 heavy (non-hydrogen) atoms. The number of Topliss-reactive ketones (excluding diaryl/α,β-unsaturated/α-hetero) is 1. The summed E-state index contributed by atoms with van der Waals surface area (Å²) < 4.78 is 0. The second-order valence-corrected chi connectivity index (χ2v) is 3.70. The number of aryl methyl sites for hydroxylation is 3. The van der Waals surface area contributed by atoms with E-state index in [0.717, 1.165) is 18.4 Å². The van der Waals surface area contributed by atoms with E-state index < -0.39 is 0 Å². The standard InChI is InChI=1S/C11H10O/c12-11-4-3-9-5-7-1-2-8(7)6-10(9)11/h5-6H,1-4H2. The number of rotatable bonds is 0. The summed E-state index contributed by atoms with van der Waals surface area (Å²) in [7, 11) is 0. The maximum atomic E-state index is 11.4. The Labute approximate surface area is 71.4 Å². The fraction of sp³-hybridized carbons (Fsp3) is 0.364. The van der Waals surface area contributed by atoms with Crippen molar-refractivity contribution in [2.45, 2.75) is 25.7 Å². The van der Waals surface area contributed by atoms with Crippen LogP contribution in [0.1, 0.15) is 33.5 Å². The Balaban J connectivity index is 2.26. The Hall–Kier alpha value is -1.11. The molecule has 3 rings (SSSR count). The number of hydrogen-bond acceptors (Lipinski definition) is 1. The molecule has 0 amide bonds. The van der Waals surface area contributed by atoms with Crippen molar-refractivity contribution in [1.82, 2.24) is 0 Å². The number of hydrogen-bond donors (Lipinski definition) is 0. The first-order valence-corrected chi connectivity index (χ1v) is 4.52. The van der Waals surface area contributed by atoms with E-state index in [2.05, 4.69) is 12.1 Å². The summed E-state index contributed by atoms with van der Waals surface area (Å²) in [6.07, 6.45) is 4.10. The van der Waals surface area contributed by atoms with E-state index in [9.17, 15) is 4.79 Å². The predicted octanol–water partition coefficient (Wildman–Crippen LogP) is 1.91. The molecule has 0 unspecified atom stereocenters. The SMILES string of the molecule is O=C1CCc2cc3c(cc21)CC3. The van der Waals surface area contributed by atoms with Gasteiger partial charge in [0.05, 0.1) is 0 Å². The third kappa shape index (κ3) is 0.663. The lowest BCUT2D eigenvalue weighted by Gasteiger charge is -2.19. The van der Waals surface area contributed by atoms with Gasteiger partial charge in [0.15, 0.2) is 5.78 Å². The van der Waals surface area contributed by atoms with Crippen LogP contribution in [0.4, 0.5) is 0 Å². The monoisotopic (exact) mass is 158 g/mol. The van der Waals surface area contributed by atoms with Crippen LogP contribution in [0, 0.1) is 0 Å². The number of fused-ring (bicyclic) bond motifs is 2. The molecule has 0 aromatic heterocycles. The van der Waals surface area contributed by atoms with E-state index in [1.807, 2.05) is 0 Å². The van der Waals surface area contributed by atoms with Crippen molar-refractivity contribution in [3.05, 3.63) is 34.4 Å². The molecule has 0 saturated heterocycles. The Morgan fingerprint density at radius 3 is 2.25 bits per heavy atom. The van der Waals surface area contributed by atoms with Crippen LogP contribution < -0.4 is 0 Å². The molecule has 1 aromatic rings. The van der Waals surface area contributed by atoms with Gasteiger partial charge >= 0.3 is 0 Å². The van der Waals surface area contributed by atoms with E-state index in [4.69, 9.17) is 0 Å². The maximum Gasteiger partial charge on any atom is 0.163 e. The highest BCUT2D eigenvalue weighted by molar-refractivity contribution is 6.00. The molecular weight excluding hydrogens is 148 g/mol. The van der Waals surface area contributed by atoms with Crippen molar-refractivity contribution in [2.24, 2.45) is 0 Å². The van der Waals surface area contributed by atoms with E-state index in [1.165, 1.54) is 29.5 Å². The van der Waals surface area contributed by atoms with E-state index >= 15 is 0 Å². The highest BCUT2D eigenvalue weighted by atomic mass is 16.1. The quantitative estimate of drug-likeness (QED) is 0.563. The maximum absolute atomic E-state index is 11.4. The van der Waals surface area contributed by atoms with E-state index in [1.54, 1.807) is 0 Å². The molecule has 1 heteroatoms. The molecule has 0 atom stereocenters. The summed E-state index contributed by atoms with van der Waals surface area (Å²) in [6.45, 7) is 0. The van der Waals surface area contributed by atoms with Gasteiger partial charge < -0.3 is 0 Å². The number of carbonyl (C=O) groups excluding carboxylic acids is 1. The average molecular weight is 158 g/mol. The van der Waals surface area contributed by atoms with Gasteiger partial charge in [-0.05, 0) is 42.0 Å². The number of carbonyl (C=O) groups is 1. The molecule has 0 fully saturated rings. The first kappa shape index (κ1) is 6.41. The van der Waals surface area contributed by atoms with Crippen LogP contribution in [-0.4, -0.2) is 5.78 Å². The molecule has 60 valence electrons. The number of ketones is 1. The summed E-state index contributed by atoms with van der Waals surface area (Å²) in [4.78, 5) is 11.4. The average Bonchev–Trinajstić information content (AvgIpc) is 2.37. The van der Waals surface area contributed by atoms with Gasteiger partial charge in [-0.2, -0.15) is 0 Å². The van der Waals surface area contributed by atoms with Gasteiger partial charge in [0.1, 0.15) is 0 Å². The lowest BCUT2D eigenvalue weighted by molar-refractivity contribution is 0.0994. The normalized spacial score (nSPS) is 18.5. The molecule has 0 heterocycles. The van der Waals surface area contributed by atoms with Crippen LogP contribution in [0.25, 0.3) is 0 Å². The van der Waals surface area contributed by atoms with Crippen LogP contribution in [0.3, 0.4) is 0 Å². The molecule has 0 N–H and O–H groups in total. The highest BCUT2D eigenvalue weighted by Crippen LogP contribution is 2.31. The van der Waals surface area contributed by atoms with Crippen LogP contribution in [0.5, 0.6) is 0 Å². The van der Waals surface area contributed by atoms with Crippen molar-refractivity contribution in [3.8, 4) is 0 Å². The fourth-order valence-corrected chi connectivity index (χ4v) is 2.15. The molecule has 1 nitrogen and oxygen atoms in total. The first-order valence-electron chi connectivity index (χ1n) is 4.52. The smallest absolute Gasteiger partial charge is 0.163 e. The number of benzene rings is 1. The Kier molecular flexibility index (Phi) is 1.06. The van der Waals surface area contributed by atoms with Gasteiger partial charge in [-0.1, -0.05) is 6.07 Å². The van der Waals surface area contributed by atoms with Crippen molar-refractivity contribution in [2.75, 3.05) is 0 Å². The minimum atomic E-state index is 0.347. The largest absolute Gasteiger partial charge is 0.294 e. The minimum Gasteiger partial charge on any atom is -0.294 e. The molecule has 0 saturated carbocycles. The van der Waals surface area contributed by atoms with Crippen molar-refractivity contribution in [3.63, 3.8) is 0 Å². The van der Waals surface area contributed by atoms with Gasteiger partial charge in [0.25, 0.3) is 0 Å². The molecule has 0 bridgehead atoms. The van der Waals surface area contributed by atoms with Gasteiger partial charge in [-0.15, -0.1) is 0 Å². The molecular formula is C11H10O. The minimum absolute atomic E-state index is 0.347. The summed E-state index contributed by atoms with van der Waals surface area (Å²) in [5, 5.41) is 0. The lowest BCUT2D eigenvalue weighted by atomic mass is 9.85. The van der Waals surface area contributed by atoms with Crippen LogP contribution in [0.2, 0.25) is 0 Å². The van der Waals surface area contributed by atoms with Crippen LogP contribution >= 0.6 is 0 Å². The zero-order valence-corrected chi connectivity index (χ0v) is 6.89. The summed E-state index contributed by atoms with van der Waals surface area (Å²) >= 11 is 0. The van der Waals surface area contributed by atoms with Crippen molar-refractivity contribution >= 4 is 5.78 Å². The Bertz CT molecular complexity index is 377. The zero-order valence-electron chi connectivity index (χ0n) is 6.89. The van der Waals surface area contributed by atoms with E-state index in [0.29, 0.717) is 5.78 Å². The summed E-state index contributed by atoms with van der Waals surface area (Å²) in [5.74, 6) is 0.347. The topological polar surface area (TPSA) is 17.1 Å². The Morgan fingerprint density at radius 2 is 1.50 bits per heavy atom.